The van der Waals surface area contributed by atoms with Crippen LogP contribution < -0.4 is 5.32 Å². The van der Waals surface area contributed by atoms with Gasteiger partial charge in [-0.1, -0.05) is 19.8 Å². The van der Waals surface area contributed by atoms with Gasteiger partial charge in [-0.25, -0.2) is 0 Å². The van der Waals surface area contributed by atoms with Gasteiger partial charge in [-0.2, -0.15) is 0 Å². The summed E-state index contributed by atoms with van der Waals surface area (Å²) >= 11 is 0. The van der Waals surface area contributed by atoms with E-state index in [0.29, 0.717) is 6.04 Å². The van der Waals surface area contributed by atoms with Crippen LogP contribution in [0.5, 0.6) is 0 Å². The maximum atomic E-state index is 3.58. The zero-order valence-electron chi connectivity index (χ0n) is 11.2. The lowest BCUT2D eigenvalue weighted by Crippen LogP contribution is -2.57. The molecule has 0 aromatic heterocycles. The number of nitrogens with one attached hydrogen (secondary N) is 1. The topological polar surface area (TPSA) is 15.3 Å². The van der Waals surface area contributed by atoms with Crippen LogP contribution in [-0.4, -0.2) is 36.1 Å². The Hall–Kier alpha value is -0.0800. The molecule has 0 amide bonds. The van der Waals surface area contributed by atoms with Crippen molar-refractivity contribution in [3.05, 3.63) is 0 Å². The van der Waals surface area contributed by atoms with Crippen molar-refractivity contribution in [1.82, 2.24) is 10.2 Å². The van der Waals surface area contributed by atoms with Crippen molar-refractivity contribution in [2.75, 3.05) is 13.1 Å². The second kappa shape index (κ2) is 5.50. The quantitative estimate of drug-likeness (QED) is 0.689. The van der Waals surface area contributed by atoms with Gasteiger partial charge in [0.2, 0.25) is 0 Å². The summed E-state index contributed by atoms with van der Waals surface area (Å²) in [4.78, 5) is 2.78. The van der Waals surface area contributed by atoms with E-state index in [1.807, 2.05) is 0 Å². The van der Waals surface area contributed by atoms with E-state index < -0.39 is 0 Å². The first-order valence-corrected chi connectivity index (χ1v) is 7.16. The molecule has 94 valence electrons. The highest BCUT2D eigenvalue weighted by atomic mass is 15.2. The molecular formula is C14H28N2. The Balaban J connectivity index is 1.93. The van der Waals surface area contributed by atoms with Gasteiger partial charge in [0.05, 0.1) is 0 Å². The van der Waals surface area contributed by atoms with Crippen LogP contribution in [0.3, 0.4) is 0 Å². The first kappa shape index (κ1) is 12.4. The zero-order chi connectivity index (χ0) is 11.5. The molecule has 0 bridgehead atoms. The molecule has 4 atom stereocenters. The summed E-state index contributed by atoms with van der Waals surface area (Å²) in [5.41, 5.74) is 0. The number of piperazine rings is 1. The van der Waals surface area contributed by atoms with Crippen LogP contribution in [0.1, 0.15) is 52.9 Å². The Morgan fingerprint density at radius 2 is 1.81 bits per heavy atom. The van der Waals surface area contributed by atoms with Gasteiger partial charge in [-0.05, 0) is 39.0 Å². The average molecular weight is 224 g/mol. The molecule has 1 heterocycles. The first-order chi connectivity index (χ1) is 7.66. The molecule has 2 heteroatoms. The summed E-state index contributed by atoms with van der Waals surface area (Å²) in [7, 11) is 0. The molecule has 1 aliphatic carbocycles. The molecule has 0 aromatic rings. The van der Waals surface area contributed by atoms with Crippen molar-refractivity contribution < 1.29 is 0 Å². The summed E-state index contributed by atoms with van der Waals surface area (Å²) in [6.07, 6.45) is 7.19. The second-order valence-corrected chi connectivity index (χ2v) is 6.12. The minimum absolute atomic E-state index is 0.678. The normalized spacial score (nSPS) is 42.9. The number of nitrogens with zero attached hydrogens (tertiary/aromatic N) is 1. The van der Waals surface area contributed by atoms with Gasteiger partial charge in [-0.3, -0.25) is 4.90 Å². The number of hydrogen-bond acceptors (Lipinski definition) is 2. The van der Waals surface area contributed by atoms with Gasteiger partial charge in [0.1, 0.15) is 0 Å². The van der Waals surface area contributed by atoms with Crippen molar-refractivity contribution >= 4 is 0 Å². The predicted molar refractivity (Wildman–Crippen MR) is 69.7 cm³/mol. The predicted octanol–water partition coefficient (Wildman–Crippen LogP) is 2.64. The Labute approximate surface area is 101 Å². The molecule has 16 heavy (non-hydrogen) atoms. The molecule has 0 radical (unpaired) electrons. The van der Waals surface area contributed by atoms with Crippen molar-refractivity contribution in [2.45, 2.75) is 71.0 Å². The molecule has 2 aliphatic rings. The van der Waals surface area contributed by atoms with Crippen molar-refractivity contribution in [3.63, 3.8) is 0 Å². The van der Waals surface area contributed by atoms with E-state index in [1.165, 1.54) is 45.2 Å². The molecule has 2 rings (SSSR count). The Bertz CT molecular complexity index is 217. The van der Waals surface area contributed by atoms with Crippen molar-refractivity contribution in [3.8, 4) is 0 Å². The van der Waals surface area contributed by atoms with E-state index in [2.05, 4.69) is 31.0 Å². The number of hydrogen-bond donors (Lipinski definition) is 1. The lowest BCUT2D eigenvalue weighted by atomic mass is 10.0. The second-order valence-electron chi connectivity index (χ2n) is 6.12. The van der Waals surface area contributed by atoms with Crippen LogP contribution in [0.4, 0.5) is 0 Å². The summed E-state index contributed by atoms with van der Waals surface area (Å²) in [6.45, 7) is 9.55. The summed E-state index contributed by atoms with van der Waals surface area (Å²) in [5, 5.41) is 3.58. The summed E-state index contributed by atoms with van der Waals surface area (Å²) in [6, 6.07) is 2.27. The van der Waals surface area contributed by atoms with E-state index in [0.717, 1.165) is 18.0 Å². The molecule has 1 N–H and O–H groups in total. The van der Waals surface area contributed by atoms with Crippen LogP contribution in [-0.2, 0) is 0 Å². The molecule has 2 nitrogen and oxygen atoms in total. The summed E-state index contributed by atoms with van der Waals surface area (Å²) < 4.78 is 0. The van der Waals surface area contributed by atoms with E-state index in [9.17, 15) is 0 Å². The molecule has 2 fully saturated rings. The van der Waals surface area contributed by atoms with Crippen LogP contribution in [0.2, 0.25) is 0 Å². The molecule has 0 aromatic carbocycles. The maximum absolute atomic E-state index is 3.58. The van der Waals surface area contributed by atoms with Crippen LogP contribution in [0.15, 0.2) is 0 Å². The van der Waals surface area contributed by atoms with E-state index in [1.54, 1.807) is 0 Å². The van der Waals surface area contributed by atoms with Crippen molar-refractivity contribution in [2.24, 2.45) is 5.92 Å². The molecule has 1 saturated carbocycles. The molecule has 0 spiro atoms. The number of rotatable bonds is 1. The highest BCUT2D eigenvalue weighted by Crippen LogP contribution is 2.27. The minimum atomic E-state index is 0.678. The van der Waals surface area contributed by atoms with Gasteiger partial charge in [0.15, 0.2) is 0 Å². The third-order valence-corrected chi connectivity index (χ3v) is 4.51. The van der Waals surface area contributed by atoms with E-state index in [4.69, 9.17) is 0 Å². The first-order valence-electron chi connectivity index (χ1n) is 7.16. The van der Waals surface area contributed by atoms with Gasteiger partial charge < -0.3 is 5.32 Å². The standard InChI is InChI=1S/C14H28N2/c1-11-5-4-6-14(8-7-11)16-10-12(2)15-9-13(16)3/h11-15H,4-10H2,1-3H3. The fourth-order valence-corrected chi connectivity index (χ4v) is 3.36. The van der Waals surface area contributed by atoms with E-state index >= 15 is 0 Å². The smallest absolute Gasteiger partial charge is 0.0196 e. The minimum Gasteiger partial charge on any atom is -0.311 e. The lowest BCUT2D eigenvalue weighted by molar-refractivity contribution is 0.0856. The largest absolute Gasteiger partial charge is 0.311 e. The lowest BCUT2D eigenvalue weighted by Gasteiger charge is -2.42. The molecule has 1 saturated heterocycles. The molecule has 1 aliphatic heterocycles. The third-order valence-electron chi connectivity index (χ3n) is 4.51. The van der Waals surface area contributed by atoms with Gasteiger partial charge in [-0.15, -0.1) is 0 Å². The van der Waals surface area contributed by atoms with Gasteiger partial charge in [0.25, 0.3) is 0 Å². The van der Waals surface area contributed by atoms with Gasteiger partial charge >= 0.3 is 0 Å². The summed E-state index contributed by atoms with van der Waals surface area (Å²) in [5.74, 6) is 0.959. The van der Waals surface area contributed by atoms with Crippen molar-refractivity contribution in [1.29, 1.82) is 0 Å². The van der Waals surface area contributed by atoms with Gasteiger partial charge in [0, 0.05) is 31.2 Å². The average Bonchev–Trinajstić information content (AvgIpc) is 2.47. The highest BCUT2D eigenvalue weighted by molar-refractivity contribution is 4.87. The van der Waals surface area contributed by atoms with Crippen LogP contribution >= 0.6 is 0 Å². The maximum Gasteiger partial charge on any atom is 0.0196 e. The van der Waals surface area contributed by atoms with E-state index in [-0.39, 0.29) is 0 Å². The zero-order valence-corrected chi connectivity index (χ0v) is 11.2. The van der Waals surface area contributed by atoms with Crippen LogP contribution in [0.25, 0.3) is 0 Å². The fourth-order valence-electron chi connectivity index (χ4n) is 3.36. The Morgan fingerprint density at radius 1 is 1.00 bits per heavy atom. The molecular weight excluding hydrogens is 196 g/mol. The SMILES string of the molecule is CC1CCCC(N2CC(C)NCC2C)CC1. The fraction of sp³-hybridized carbons (Fsp3) is 1.00. The van der Waals surface area contributed by atoms with Crippen LogP contribution in [0, 0.1) is 5.92 Å². The Kier molecular flexibility index (Phi) is 4.26. The Morgan fingerprint density at radius 3 is 2.62 bits per heavy atom. The highest BCUT2D eigenvalue weighted by Gasteiger charge is 2.29. The molecule has 4 unspecified atom stereocenters. The third kappa shape index (κ3) is 2.98. The monoisotopic (exact) mass is 224 g/mol.